The molecule has 7 heteroatoms. The third-order valence-electron chi connectivity index (χ3n) is 5.63. The van der Waals surface area contributed by atoms with Gasteiger partial charge in [0.05, 0.1) is 11.4 Å². The highest BCUT2D eigenvalue weighted by Gasteiger charge is 2.52. The van der Waals surface area contributed by atoms with Crippen LogP contribution in [-0.2, 0) is 19.5 Å². The van der Waals surface area contributed by atoms with Crippen molar-refractivity contribution in [2.45, 2.75) is 38.2 Å². The molecule has 23 heavy (non-hydrogen) atoms. The van der Waals surface area contributed by atoms with E-state index in [9.17, 15) is 8.42 Å². The van der Waals surface area contributed by atoms with Crippen molar-refractivity contribution in [1.29, 1.82) is 0 Å². The molecule has 1 atom stereocenters. The van der Waals surface area contributed by atoms with Crippen LogP contribution in [-0.4, -0.2) is 70.7 Å². The molecule has 0 aromatic carbocycles. The Morgan fingerprint density at radius 1 is 1.17 bits per heavy atom. The monoisotopic (exact) mass is 346 g/mol. The summed E-state index contributed by atoms with van der Waals surface area (Å²) in [6.07, 6.45) is 4.28. The third kappa shape index (κ3) is 4.25. The molecule has 3 saturated heterocycles. The lowest BCUT2D eigenvalue weighted by atomic mass is 9.78. The normalized spacial score (nSPS) is 29.0. The fourth-order valence-corrected chi connectivity index (χ4v) is 4.80. The maximum Gasteiger partial charge on any atom is 0.211 e. The molecule has 3 aliphatic heterocycles. The van der Waals surface area contributed by atoms with Crippen molar-refractivity contribution in [1.82, 2.24) is 9.62 Å². The van der Waals surface area contributed by atoms with Crippen LogP contribution in [0.3, 0.4) is 0 Å². The second-order valence-corrected chi connectivity index (χ2v) is 9.31. The first kappa shape index (κ1) is 17.6. The van der Waals surface area contributed by atoms with Gasteiger partial charge in [0.25, 0.3) is 0 Å². The Hall–Kier alpha value is -0.210. The molecule has 0 amide bonds. The molecular weight excluding hydrogens is 316 g/mol. The number of likely N-dealkylation sites (tertiary alicyclic amines) is 1. The molecule has 0 bridgehead atoms. The number of nitrogens with zero attached hydrogens (tertiary/aromatic N) is 1. The zero-order chi connectivity index (χ0) is 16.3. The fourth-order valence-electron chi connectivity index (χ4n) is 4.17. The summed E-state index contributed by atoms with van der Waals surface area (Å²) in [6.45, 7) is 8.00. The minimum absolute atomic E-state index is 0.0111. The van der Waals surface area contributed by atoms with Gasteiger partial charge in [0.15, 0.2) is 0 Å². The fraction of sp³-hybridized carbons (Fsp3) is 1.00. The van der Waals surface area contributed by atoms with Crippen LogP contribution in [0, 0.1) is 11.8 Å². The molecule has 134 valence electrons. The van der Waals surface area contributed by atoms with Crippen LogP contribution in [0.2, 0.25) is 0 Å². The van der Waals surface area contributed by atoms with Crippen LogP contribution < -0.4 is 4.72 Å². The minimum atomic E-state index is -3.08. The summed E-state index contributed by atoms with van der Waals surface area (Å²) in [7, 11) is -3.08. The SMILES string of the molecule is CCS(=O)(=O)NCC[C@H]1CCOC12CN(CC1CCOCC1)C2. The molecule has 3 rings (SSSR count). The van der Waals surface area contributed by atoms with E-state index >= 15 is 0 Å². The zero-order valence-corrected chi connectivity index (χ0v) is 14.9. The second kappa shape index (κ2) is 7.35. The van der Waals surface area contributed by atoms with Gasteiger partial charge in [-0.3, -0.25) is 4.90 Å². The molecule has 6 nitrogen and oxygen atoms in total. The van der Waals surface area contributed by atoms with Crippen molar-refractivity contribution in [3.8, 4) is 0 Å². The van der Waals surface area contributed by atoms with Crippen LogP contribution in [0.25, 0.3) is 0 Å². The summed E-state index contributed by atoms with van der Waals surface area (Å²) in [5.74, 6) is 1.39. The maximum absolute atomic E-state index is 11.5. The molecule has 0 saturated carbocycles. The van der Waals surface area contributed by atoms with Gasteiger partial charge in [0, 0.05) is 46.0 Å². The Labute approximate surface area is 139 Å². The summed E-state index contributed by atoms with van der Waals surface area (Å²) < 4.78 is 37.2. The summed E-state index contributed by atoms with van der Waals surface area (Å²) in [4.78, 5) is 2.50. The van der Waals surface area contributed by atoms with E-state index in [1.54, 1.807) is 6.92 Å². The quantitative estimate of drug-likeness (QED) is 0.740. The minimum Gasteiger partial charge on any atom is -0.381 e. The maximum atomic E-state index is 11.5. The molecule has 3 fully saturated rings. The van der Waals surface area contributed by atoms with Crippen molar-refractivity contribution >= 4 is 10.0 Å². The van der Waals surface area contributed by atoms with E-state index in [2.05, 4.69) is 9.62 Å². The van der Waals surface area contributed by atoms with E-state index in [0.717, 1.165) is 58.2 Å². The van der Waals surface area contributed by atoms with Crippen molar-refractivity contribution in [2.24, 2.45) is 11.8 Å². The standard InChI is InChI=1S/C16H30N2O4S/c1-2-23(19,20)17-7-3-15-6-10-22-16(15)12-18(13-16)11-14-4-8-21-9-5-14/h14-15,17H,2-13H2,1H3/t15-/m0/s1. The van der Waals surface area contributed by atoms with E-state index in [1.807, 2.05) is 0 Å². The van der Waals surface area contributed by atoms with Gasteiger partial charge in [-0.15, -0.1) is 0 Å². The van der Waals surface area contributed by atoms with Crippen LogP contribution in [0.4, 0.5) is 0 Å². The van der Waals surface area contributed by atoms with Gasteiger partial charge in [-0.1, -0.05) is 0 Å². The number of hydrogen-bond donors (Lipinski definition) is 1. The first-order valence-electron chi connectivity index (χ1n) is 8.94. The second-order valence-electron chi connectivity index (χ2n) is 7.21. The topological polar surface area (TPSA) is 67.9 Å². The lowest BCUT2D eigenvalue weighted by molar-refractivity contribution is -0.139. The smallest absolute Gasteiger partial charge is 0.211 e. The van der Waals surface area contributed by atoms with Crippen LogP contribution in [0.15, 0.2) is 0 Å². The summed E-state index contributed by atoms with van der Waals surface area (Å²) >= 11 is 0. The first-order valence-corrected chi connectivity index (χ1v) is 10.6. The van der Waals surface area contributed by atoms with E-state index < -0.39 is 10.0 Å². The number of sulfonamides is 1. The van der Waals surface area contributed by atoms with Crippen molar-refractivity contribution in [2.75, 3.05) is 51.8 Å². The van der Waals surface area contributed by atoms with Gasteiger partial charge < -0.3 is 9.47 Å². The molecule has 0 aromatic heterocycles. The molecule has 0 radical (unpaired) electrons. The van der Waals surface area contributed by atoms with E-state index in [0.29, 0.717) is 12.5 Å². The van der Waals surface area contributed by atoms with Crippen LogP contribution in [0.5, 0.6) is 0 Å². The molecular formula is C16H30N2O4S. The van der Waals surface area contributed by atoms with Gasteiger partial charge in [-0.2, -0.15) is 0 Å². The molecule has 0 aromatic rings. The summed E-state index contributed by atoms with van der Waals surface area (Å²) in [5.41, 5.74) is -0.0111. The van der Waals surface area contributed by atoms with Gasteiger partial charge in [0.2, 0.25) is 10.0 Å². The lowest BCUT2D eigenvalue weighted by Gasteiger charge is -2.51. The number of rotatable bonds is 7. The van der Waals surface area contributed by atoms with Crippen molar-refractivity contribution in [3.05, 3.63) is 0 Å². The van der Waals surface area contributed by atoms with Crippen LogP contribution in [0.1, 0.15) is 32.6 Å². The predicted octanol–water partition coefficient (Wildman–Crippen LogP) is 0.833. The largest absolute Gasteiger partial charge is 0.381 e. The van der Waals surface area contributed by atoms with Crippen LogP contribution >= 0.6 is 0 Å². The summed E-state index contributed by atoms with van der Waals surface area (Å²) in [5, 5.41) is 0. The zero-order valence-electron chi connectivity index (χ0n) is 14.1. The Morgan fingerprint density at radius 2 is 1.91 bits per heavy atom. The summed E-state index contributed by atoms with van der Waals surface area (Å²) in [6, 6.07) is 0. The van der Waals surface area contributed by atoms with Gasteiger partial charge >= 0.3 is 0 Å². The molecule has 0 aliphatic carbocycles. The van der Waals surface area contributed by atoms with Crippen molar-refractivity contribution in [3.63, 3.8) is 0 Å². The number of ether oxygens (including phenoxy) is 2. The van der Waals surface area contributed by atoms with E-state index in [-0.39, 0.29) is 11.4 Å². The molecule has 1 spiro atoms. The highest BCUT2D eigenvalue weighted by atomic mass is 32.2. The van der Waals surface area contributed by atoms with Gasteiger partial charge in [0.1, 0.15) is 0 Å². The number of nitrogens with one attached hydrogen (secondary N) is 1. The van der Waals surface area contributed by atoms with E-state index in [1.165, 1.54) is 12.8 Å². The first-order chi connectivity index (χ1) is 11.0. The highest BCUT2D eigenvalue weighted by molar-refractivity contribution is 7.89. The third-order valence-corrected chi connectivity index (χ3v) is 7.04. The van der Waals surface area contributed by atoms with E-state index in [4.69, 9.17) is 9.47 Å². The highest BCUT2D eigenvalue weighted by Crippen LogP contribution is 2.42. The predicted molar refractivity (Wildman–Crippen MR) is 88.9 cm³/mol. The Bertz CT molecular complexity index is 484. The molecule has 3 heterocycles. The molecule has 3 aliphatic rings. The molecule has 0 unspecified atom stereocenters. The van der Waals surface area contributed by atoms with Gasteiger partial charge in [-0.05, 0) is 44.4 Å². The Morgan fingerprint density at radius 3 is 2.61 bits per heavy atom. The van der Waals surface area contributed by atoms with Gasteiger partial charge in [-0.25, -0.2) is 13.1 Å². The average Bonchev–Trinajstić information content (AvgIpc) is 2.92. The van der Waals surface area contributed by atoms with Crippen molar-refractivity contribution < 1.29 is 17.9 Å². The lowest BCUT2D eigenvalue weighted by Crippen LogP contribution is -2.65. The Balaban J connectivity index is 1.42. The Kier molecular flexibility index (Phi) is 5.63. The average molecular weight is 346 g/mol. The molecule has 1 N–H and O–H groups in total. The number of hydrogen-bond acceptors (Lipinski definition) is 5.